The van der Waals surface area contributed by atoms with Crippen molar-refractivity contribution in [2.75, 3.05) is 5.32 Å². The lowest BCUT2D eigenvalue weighted by molar-refractivity contribution is -0.143. The van der Waals surface area contributed by atoms with Crippen LogP contribution >= 0.6 is 0 Å². The van der Waals surface area contributed by atoms with Crippen molar-refractivity contribution in [1.82, 2.24) is 0 Å². The van der Waals surface area contributed by atoms with Crippen molar-refractivity contribution in [1.29, 1.82) is 0 Å². The molecule has 0 aliphatic heterocycles. The minimum atomic E-state index is -0.735. The number of anilines is 1. The number of carbonyl (C=O) groups is 2. The van der Waals surface area contributed by atoms with Gasteiger partial charge in [-0.15, -0.1) is 0 Å². The Morgan fingerprint density at radius 1 is 0.958 bits per heavy atom. The summed E-state index contributed by atoms with van der Waals surface area (Å²) in [4.78, 5) is 23.8. The summed E-state index contributed by atoms with van der Waals surface area (Å²) in [6.07, 6.45) is 2.50. The van der Waals surface area contributed by atoms with E-state index < -0.39 is 5.97 Å². The zero-order chi connectivity index (χ0) is 17.9. The van der Waals surface area contributed by atoms with Crippen LogP contribution in [0.15, 0.2) is 18.2 Å². The van der Waals surface area contributed by atoms with Crippen LogP contribution in [0.5, 0.6) is 0 Å². The van der Waals surface area contributed by atoms with Crippen LogP contribution in [0.4, 0.5) is 5.69 Å². The van der Waals surface area contributed by atoms with E-state index in [0.717, 1.165) is 16.8 Å². The number of aliphatic carboxylic acids is 1. The summed E-state index contributed by atoms with van der Waals surface area (Å²) < 4.78 is 0. The van der Waals surface area contributed by atoms with Gasteiger partial charge in [0.2, 0.25) is 5.91 Å². The maximum atomic E-state index is 12.7. The predicted molar refractivity (Wildman–Crippen MR) is 96.3 cm³/mol. The fourth-order valence-electron chi connectivity index (χ4n) is 3.52. The molecule has 0 radical (unpaired) electrons. The number of carboxylic acid groups (broad SMARTS) is 1. The topological polar surface area (TPSA) is 66.4 Å². The molecule has 1 aliphatic carbocycles. The van der Waals surface area contributed by atoms with E-state index in [9.17, 15) is 9.59 Å². The molecule has 1 amide bonds. The first kappa shape index (κ1) is 18.5. The van der Waals surface area contributed by atoms with E-state index >= 15 is 0 Å². The Morgan fingerprint density at radius 2 is 1.42 bits per heavy atom. The van der Waals surface area contributed by atoms with Crippen LogP contribution in [0.3, 0.4) is 0 Å². The van der Waals surface area contributed by atoms with Gasteiger partial charge in [0.1, 0.15) is 0 Å². The molecule has 1 aromatic rings. The number of hydrogen-bond donors (Lipinski definition) is 2. The Kier molecular flexibility index (Phi) is 6.03. The molecule has 0 spiro atoms. The van der Waals surface area contributed by atoms with Crippen molar-refractivity contribution in [2.45, 2.75) is 65.2 Å². The molecule has 4 nitrogen and oxygen atoms in total. The number of carbonyl (C=O) groups excluding carboxylic acids is 1. The summed E-state index contributed by atoms with van der Waals surface area (Å²) in [5.41, 5.74) is 3.27. The summed E-state index contributed by atoms with van der Waals surface area (Å²) in [6.45, 7) is 8.53. The molecule has 0 aromatic heterocycles. The molecule has 0 heterocycles. The number of benzene rings is 1. The van der Waals surface area contributed by atoms with Gasteiger partial charge < -0.3 is 10.4 Å². The van der Waals surface area contributed by atoms with E-state index in [1.807, 2.05) is 0 Å². The van der Waals surface area contributed by atoms with Gasteiger partial charge in [-0.05, 0) is 48.6 Å². The van der Waals surface area contributed by atoms with E-state index in [1.54, 1.807) is 0 Å². The van der Waals surface area contributed by atoms with Crippen molar-refractivity contribution in [2.24, 2.45) is 11.8 Å². The van der Waals surface area contributed by atoms with Crippen LogP contribution in [-0.2, 0) is 9.59 Å². The molecule has 2 N–H and O–H groups in total. The van der Waals surface area contributed by atoms with Crippen LogP contribution in [-0.4, -0.2) is 17.0 Å². The Morgan fingerprint density at radius 3 is 1.83 bits per heavy atom. The molecule has 1 aromatic carbocycles. The number of hydrogen-bond acceptors (Lipinski definition) is 2. The normalized spacial score (nSPS) is 21.1. The van der Waals surface area contributed by atoms with Gasteiger partial charge in [-0.3, -0.25) is 9.59 Å². The Hall–Kier alpha value is -1.84. The second kappa shape index (κ2) is 7.82. The van der Waals surface area contributed by atoms with Gasteiger partial charge in [-0.1, -0.05) is 45.9 Å². The number of amides is 1. The number of para-hydroxylation sites is 1. The summed E-state index contributed by atoms with van der Waals surface area (Å²) in [5.74, 6) is -0.400. The van der Waals surface area contributed by atoms with E-state index in [2.05, 4.69) is 51.2 Å². The average molecular weight is 331 g/mol. The predicted octanol–water partition coefficient (Wildman–Crippen LogP) is 4.76. The van der Waals surface area contributed by atoms with Gasteiger partial charge in [0.05, 0.1) is 5.92 Å². The molecule has 2 rings (SSSR count). The van der Waals surface area contributed by atoms with Gasteiger partial charge in [0, 0.05) is 11.6 Å². The van der Waals surface area contributed by atoms with Gasteiger partial charge in [0.25, 0.3) is 0 Å². The third kappa shape index (κ3) is 4.16. The Bertz CT molecular complexity index is 573. The lowest BCUT2D eigenvalue weighted by Gasteiger charge is -2.27. The monoisotopic (exact) mass is 331 g/mol. The number of rotatable bonds is 5. The third-order valence-electron chi connectivity index (χ3n) is 5.07. The second-order valence-corrected chi connectivity index (χ2v) is 7.50. The standard InChI is InChI=1S/C20H29NO3/c1-12(2)16-6-5-7-17(13(3)4)18(16)21-19(22)14-8-10-15(11-9-14)20(23)24/h5-7,12-15H,8-11H2,1-4H3,(H,21,22)(H,23,24). The summed E-state index contributed by atoms with van der Waals surface area (Å²) >= 11 is 0. The van der Waals surface area contributed by atoms with Crippen LogP contribution in [0, 0.1) is 11.8 Å². The van der Waals surface area contributed by atoms with Crippen molar-refractivity contribution in [3.8, 4) is 0 Å². The summed E-state index contributed by atoms with van der Waals surface area (Å²) in [6, 6.07) is 6.21. The van der Waals surface area contributed by atoms with Gasteiger partial charge in [-0.25, -0.2) is 0 Å². The van der Waals surface area contributed by atoms with Crippen LogP contribution in [0.1, 0.15) is 76.3 Å². The summed E-state index contributed by atoms with van der Waals surface area (Å²) in [5, 5.41) is 12.3. The molecule has 4 heteroatoms. The highest BCUT2D eigenvalue weighted by Gasteiger charge is 2.30. The third-order valence-corrected chi connectivity index (χ3v) is 5.07. The first-order chi connectivity index (χ1) is 11.3. The Labute approximate surface area is 144 Å². The smallest absolute Gasteiger partial charge is 0.306 e. The average Bonchev–Trinajstić information content (AvgIpc) is 2.54. The van der Waals surface area contributed by atoms with E-state index in [1.165, 1.54) is 0 Å². The molecular weight excluding hydrogens is 302 g/mol. The minimum absolute atomic E-state index is 0.0360. The molecule has 1 fully saturated rings. The van der Waals surface area contributed by atoms with Crippen LogP contribution in [0.25, 0.3) is 0 Å². The van der Waals surface area contributed by atoms with Crippen molar-refractivity contribution in [3.63, 3.8) is 0 Å². The lowest BCUT2D eigenvalue weighted by Crippen LogP contribution is -2.30. The molecule has 0 unspecified atom stereocenters. The quantitative estimate of drug-likeness (QED) is 0.817. The van der Waals surface area contributed by atoms with Crippen molar-refractivity contribution >= 4 is 17.6 Å². The maximum Gasteiger partial charge on any atom is 0.306 e. The van der Waals surface area contributed by atoms with E-state index in [-0.39, 0.29) is 17.7 Å². The highest BCUT2D eigenvalue weighted by atomic mass is 16.4. The fourth-order valence-corrected chi connectivity index (χ4v) is 3.52. The first-order valence-electron chi connectivity index (χ1n) is 8.97. The first-order valence-corrected chi connectivity index (χ1v) is 8.97. The Balaban J connectivity index is 2.16. The summed E-state index contributed by atoms with van der Waals surface area (Å²) in [7, 11) is 0. The number of nitrogens with one attached hydrogen (secondary N) is 1. The molecule has 0 saturated heterocycles. The van der Waals surface area contributed by atoms with E-state index in [4.69, 9.17) is 5.11 Å². The number of carboxylic acids is 1. The van der Waals surface area contributed by atoms with Crippen molar-refractivity contribution in [3.05, 3.63) is 29.3 Å². The van der Waals surface area contributed by atoms with Crippen molar-refractivity contribution < 1.29 is 14.7 Å². The SMILES string of the molecule is CC(C)c1cccc(C(C)C)c1NC(=O)C1CCC(C(=O)O)CC1. The van der Waals surface area contributed by atoms with E-state index in [0.29, 0.717) is 37.5 Å². The molecule has 0 atom stereocenters. The second-order valence-electron chi connectivity index (χ2n) is 7.50. The van der Waals surface area contributed by atoms with Gasteiger partial charge >= 0.3 is 5.97 Å². The zero-order valence-electron chi connectivity index (χ0n) is 15.1. The van der Waals surface area contributed by atoms with Gasteiger partial charge in [-0.2, -0.15) is 0 Å². The minimum Gasteiger partial charge on any atom is -0.481 e. The molecule has 24 heavy (non-hydrogen) atoms. The highest BCUT2D eigenvalue weighted by molar-refractivity contribution is 5.94. The molecule has 132 valence electrons. The molecule has 0 bridgehead atoms. The molecular formula is C20H29NO3. The highest BCUT2D eigenvalue weighted by Crippen LogP contribution is 2.34. The maximum absolute atomic E-state index is 12.7. The fraction of sp³-hybridized carbons (Fsp3) is 0.600. The molecule has 1 aliphatic rings. The van der Waals surface area contributed by atoms with Gasteiger partial charge in [0.15, 0.2) is 0 Å². The largest absolute Gasteiger partial charge is 0.481 e. The molecule has 1 saturated carbocycles. The zero-order valence-corrected chi connectivity index (χ0v) is 15.1. The lowest BCUT2D eigenvalue weighted by atomic mass is 9.81. The van der Waals surface area contributed by atoms with Crippen LogP contribution < -0.4 is 5.32 Å². The van der Waals surface area contributed by atoms with Crippen LogP contribution in [0.2, 0.25) is 0 Å².